The Morgan fingerprint density at radius 2 is 2.00 bits per heavy atom. The number of thiazole rings is 1. The van der Waals surface area contributed by atoms with Crippen LogP contribution in [0.2, 0.25) is 0 Å². The van der Waals surface area contributed by atoms with Crippen molar-refractivity contribution < 1.29 is 0 Å². The number of hydrogen-bond acceptors (Lipinski definition) is 6. The molecule has 2 aromatic rings. The molecule has 5 nitrogen and oxygen atoms in total. The highest BCUT2D eigenvalue weighted by atomic mass is 32.1. The smallest absolute Gasteiger partial charge is 0.185 e. The second-order valence-electron chi connectivity index (χ2n) is 4.63. The predicted octanol–water partition coefficient (Wildman–Crippen LogP) is 1.44. The topological polar surface area (TPSA) is 58.3 Å². The number of pyridine rings is 1. The van der Waals surface area contributed by atoms with Gasteiger partial charge in [0.15, 0.2) is 5.13 Å². The van der Waals surface area contributed by atoms with Gasteiger partial charge in [0.25, 0.3) is 0 Å². The Balaban J connectivity index is 1.57. The standard InChI is InChI=1S/C13H17N5S/c14-12-11(2-1-3-15-12)10-17-5-7-18(8-6-17)13-16-4-9-19-13/h1-4,9H,5-8,10H2,(H2,14,15). The van der Waals surface area contributed by atoms with Crippen molar-refractivity contribution in [3.05, 3.63) is 35.5 Å². The number of piperazine rings is 1. The first-order chi connectivity index (χ1) is 9.33. The summed E-state index contributed by atoms with van der Waals surface area (Å²) in [5.74, 6) is 0.643. The maximum Gasteiger partial charge on any atom is 0.185 e. The van der Waals surface area contributed by atoms with Crippen molar-refractivity contribution in [2.75, 3.05) is 36.8 Å². The fourth-order valence-electron chi connectivity index (χ4n) is 2.29. The van der Waals surface area contributed by atoms with E-state index in [2.05, 4.69) is 25.8 Å². The third-order valence-electron chi connectivity index (χ3n) is 3.38. The van der Waals surface area contributed by atoms with Gasteiger partial charge in [-0.25, -0.2) is 9.97 Å². The summed E-state index contributed by atoms with van der Waals surface area (Å²) in [7, 11) is 0. The van der Waals surface area contributed by atoms with Crippen LogP contribution in [0.1, 0.15) is 5.56 Å². The molecule has 0 aliphatic carbocycles. The average molecular weight is 275 g/mol. The zero-order valence-corrected chi connectivity index (χ0v) is 11.5. The monoisotopic (exact) mass is 275 g/mol. The van der Waals surface area contributed by atoms with Crippen molar-refractivity contribution in [1.29, 1.82) is 0 Å². The summed E-state index contributed by atoms with van der Waals surface area (Å²) in [5.41, 5.74) is 7.00. The van der Waals surface area contributed by atoms with Crippen molar-refractivity contribution in [2.24, 2.45) is 0 Å². The van der Waals surface area contributed by atoms with Crippen LogP contribution in [0.15, 0.2) is 29.9 Å². The minimum atomic E-state index is 0.643. The summed E-state index contributed by atoms with van der Waals surface area (Å²) in [6.45, 7) is 4.99. The fourth-order valence-corrected chi connectivity index (χ4v) is 2.99. The van der Waals surface area contributed by atoms with E-state index in [-0.39, 0.29) is 0 Å². The van der Waals surface area contributed by atoms with Crippen LogP contribution < -0.4 is 10.6 Å². The number of aromatic nitrogens is 2. The molecular weight excluding hydrogens is 258 g/mol. The third-order valence-corrected chi connectivity index (χ3v) is 4.21. The molecule has 2 N–H and O–H groups in total. The van der Waals surface area contributed by atoms with Crippen molar-refractivity contribution in [3.8, 4) is 0 Å². The number of rotatable bonds is 3. The van der Waals surface area contributed by atoms with E-state index in [0.717, 1.165) is 43.4 Å². The molecule has 1 aliphatic rings. The molecule has 1 aliphatic heterocycles. The molecule has 19 heavy (non-hydrogen) atoms. The molecule has 0 radical (unpaired) electrons. The van der Waals surface area contributed by atoms with Crippen molar-refractivity contribution in [1.82, 2.24) is 14.9 Å². The van der Waals surface area contributed by atoms with Crippen molar-refractivity contribution in [3.63, 3.8) is 0 Å². The molecule has 0 saturated carbocycles. The molecule has 100 valence electrons. The van der Waals surface area contributed by atoms with E-state index < -0.39 is 0 Å². The van der Waals surface area contributed by atoms with Gasteiger partial charge in [-0.15, -0.1) is 11.3 Å². The van der Waals surface area contributed by atoms with Crippen LogP contribution in [-0.4, -0.2) is 41.0 Å². The largest absolute Gasteiger partial charge is 0.383 e. The number of anilines is 2. The first kappa shape index (κ1) is 12.4. The minimum absolute atomic E-state index is 0.643. The van der Waals surface area contributed by atoms with Crippen LogP contribution in [0.5, 0.6) is 0 Å². The molecule has 0 aromatic carbocycles. The molecule has 0 unspecified atom stereocenters. The van der Waals surface area contributed by atoms with Gasteiger partial charge in [-0.2, -0.15) is 0 Å². The number of hydrogen-bond donors (Lipinski definition) is 1. The van der Waals surface area contributed by atoms with Crippen molar-refractivity contribution in [2.45, 2.75) is 6.54 Å². The van der Waals surface area contributed by atoms with E-state index >= 15 is 0 Å². The summed E-state index contributed by atoms with van der Waals surface area (Å²) in [4.78, 5) is 13.2. The molecule has 1 saturated heterocycles. The van der Waals surface area contributed by atoms with Crippen LogP contribution in [0.25, 0.3) is 0 Å². The van der Waals surface area contributed by atoms with Crippen LogP contribution >= 0.6 is 11.3 Å². The van der Waals surface area contributed by atoms with Gasteiger partial charge < -0.3 is 10.6 Å². The Morgan fingerprint density at radius 3 is 2.68 bits per heavy atom. The summed E-state index contributed by atoms with van der Waals surface area (Å²) < 4.78 is 0. The molecule has 6 heteroatoms. The Hall–Kier alpha value is -1.66. The van der Waals surface area contributed by atoms with Gasteiger partial charge in [-0.1, -0.05) is 6.07 Å². The van der Waals surface area contributed by atoms with E-state index in [1.165, 1.54) is 0 Å². The quantitative estimate of drug-likeness (QED) is 0.918. The van der Waals surface area contributed by atoms with Crippen LogP contribution in [0.4, 0.5) is 10.9 Å². The first-order valence-corrected chi connectivity index (χ1v) is 7.27. The summed E-state index contributed by atoms with van der Waals surface area (Å²) in [5, 5.41) is 3.15. The Labute approximate surface area is 116 Å². The van der Waals surface area contributed by atoms with E-state index in [0.29, 0.717) is 5.82 Å². The zero-order chi connectivity index (χ0) is 13.1. The molecule has 3 rings (SSSR count). The Kier molecular flexibility index (Phi) is 3.61. The third kappa shape index (κ3) is 2.85. The highest BCUT2D eigenvalue weighted by Crippen LogP contribution is 2.20. The normalized spacial score (nSPS) is 16.7. The second-order valence-corrected chi connectivity index (χ2v) is 5.50. The van der Waals surface area contributed by atoms with Gasteiger partial charge in [0, 0.05) is 56.1 Å². The summed E-state index contributed by atoms with van der Waals surface area (Å²) in [6.07, 6.45) is 3.60. The van der Waals surface area contributed by atoms with E-state index in [1.54, 1.807) is 17.5 Å². The zero-order valence-electron chi connectivity index (χ0n) is 10.7. The van der Waals surface area contributed by atoms with Crippen LogP contribution in [0.3, 0.4) is 0 Å². The first-order valence-electron chi connectivity index (χ1n) is 6.39. The maximum atomic E-state index is 5.89. The lowest BCUT2D eigenvalue weighted by atomic mass is 10.2. The van der Waals surface area contributed by atoms with Gasteiger partial charge in [0.05, 0.1) is 0 Å². The molecule has 0 amide bonds. The molecule has 3 heterocycles. The Bertz CT molecular complexity index is 520. The molecule has 1 fully saturated rings. The minimum Gasteiger partial charge on any atom is -0.383 e. The van der Waals surface area contributed by atoms with Gasteiger partial charge in [-0.05, 0) is 6.07 Å². The number of nitrogens with two attached hydrogens (primary N) is 1. The molecule has 0 spiro atoms. The van der Waals surface area contributed by atoms with E-state index in [1.807, 2.05) is 17.6 Å². The fraction of sp³-hybridized carbons (Fsp3) is 0.385. The molecule has 2 aromatic heterocycles. The van der Waals surface area contributed by atoms with Gasteiger partial charge in [0.1, 0.15) is 5.82 Å². The number of nitrogen functional groups attached to an aromatic ring is 1. The van der Waals surface area contributed by atoms with E-state index in [4.69, 9.17) is 5.73 Å². The Morgan fingerprint density at radius 1 is 1.16 bits per heavy atom. The lowest BCUT2D eigenvalue weighted by molar-refractivity contribution is 0.250. The van der Waals surface area contributed by atoms with Gasteiger partial charge >= 0.3 is 0 Å². The predicted molar refractivity (Wildman–Crippen MR) is 78.3 cm³/mol. The van der Waals surface area contributed by atoms with Crippen LogP contribution in [-0.2, 0) is 6.54 Å². The molecule has 0 bridgehead atoms. The average Bonchev–Trinajstić information content (AvgIpc) is 2.96. The highest BCUT2D eigenvalue weighted by Gasteiger charge is 2.19. The van der Waals surface area contributed by atoms with E-state index in [9.17, 15) is 0 Å². The summed E-state index contributed by atoms with van der Waals surface area (Å²) >= 11 is 1.70. The number of nitrogens with zero attached hydrogens (tertiary/aromatic N) is 4. The summed E-state index contributed by atoms with van der Waals surface area (Å²) in [6, 6.07) is 3.99. The SMILES string of the molecule is Nc1ncccc1CN1CCN(c2nccs2)CC1. The second kappa shape index (κ2) is 5.54. The van der Waals surface area contributed by atoms with Crippen LogP contribution in [0, 0.1) is 0 Å². The lowest BCUT2D eigenvalue weighted by Gasteiger charge is -2.34. The van der Waals surface area contributed by atoms with Gasteiger partial charge in [-0.3, -0.25) is 4.90 Å². The maximum absolute atomic E-state index is 5.89. The highest BCUT2D eigenvalue weighted by molar-refractivity contribution is 7.13. The molecule has 0 atom stereocenters. The van der Waals surface area contributed by atoms with Gasteiger partial charge in [0.2, 0.25) is 0 Å². The lowest BCUT2D eigenvalue weighted by Crippen LogP contribution is -2.46. The molecular formula is C13H17N5S. The van der Waals surface area contributed by atoms with Crippen molar-refractivity contribution >= 4 is 22.3 Å².